The number of hydrogen-bond acceptors (Lipinski definition) is 5. The number of rotatable bonds is 1. The summed E-state index contributed by atoms with van der Waals surface area (Å²) in [7, 11) is 0. The van der Waals surface area contributed by atoms with Crippen LogP contribution in [0.1, 0.15) is 82.7 Å². The van der Waals surface area contributed by atoms with Gasteiger partial charge in [-0.3, -0.25) is 9.88 Å². The number of piperidine rings is 1. The number of allylic oxidation sites excluding steroid dienone is 2. The maximum absolute atomic E-state index is 13.1. The molecule has 3 saturated heterocycles. The van der Waals surface area contributed by atoms with E-state index >= 15 is 0 Å². The van der Waals surface area contributed by atoms with Gasteiger partial charge in [0, 0.05) is 35.0 Å². The monoisotopic (exact) mass is 566 g/mol. The van der Waals surface area contributed by atoms with Crippen LogP contribution in [0.2, 0.25) is 0 Å². The Labute approximate surface area is 249 Å². The number of benzene rings is 1. The molecular weight excluding hydrogens is 520 g/mol. The predicted octanol–water partition coefficient (Wildman–Crippen LogP) is 6.79. The third kappa shape index (κ3) is 4.20. The Bertz CT molecular complexity index is 1540. The van der Waals surface area contributed by atoms with Gasteiger partial charge in [0.25, 0.3) is 0 Å². The number of nitrogens with one attached hydrogen (secondary N) is 1. The fourth-order valence-electron chi connectivity index (χ4n) is 9.95. The molecule has 5 aliphatic rings. The van der Waals surface area contributed by atoms with E-state index in [1.165, 1.54) is 63.5 Å². The van der Waals surface area contributed by atoms with Crippen LogP contribution in [0.25, 0.3) is 27.4 Å². The van der Waals surface area contributed by atoms with Crippen LogP contribution in [-0.4, -0.2) is 73.8 Å². The van der Waals surface area contributed by atoms with Gasteiger partial charge in [-0.25, -0.2) is 0 Å². The van der Waals surface area contributed by atoms with Crippen LogP contribution in [0, 0.1) is 11.3 Å². The van der Waals surface area contributed by atoms with Gasteiger partial charge in [-0.1, -0.05) is 56.4 Å². The molecule has 3 fully saturated rings. The van der Waals surface area contributed by atoms with E-state index in [0.717, 1.165) is 72.8 Å². The fraction of sp³-hybridized carbons (Fsp3) is 0.583. The molecule has 6 atom stereocenters. The lowest BCUT2D eigenvalue weighted by Gasteiger charge is -2.58. The van der Waals surface area contributed by atoms with E-state index < -0.39 is 5.60 Å². The van der Waals surface area contributed by atoms with Crippen molar-refractivity contribution >= 4 is 27.4 Å². The molecule has 0 amide bonds. The second kappa shape index (κ2) is 10.5. The average molecular weight is 567 g/mol. The number of aromatic hydroxyl groups is 1. The van der Waals surface area contributed by atoms with Crippen LogP contribution in [0.15, 0.2) is 48.7 Å². The van der Waals surface area contributed by atoms with Gasteiger partial charge in [-0.15, -0.1) is 0 Å². The number of aromatic nitrogens is 2. The van der Waals surface area contributed by atoms with E-state index in [-0.39, 0.29) is 17.2 Å². The first-order chi connectivity index (χ1) is 20.6. The summed E-state index contributed by atoms with van der Waals surface area (Å²) < 4.78 is 0. The maximum atomic E-state index is 13.1. The lowest BCUT2D eigenvalue weighted by molar-refractivity contribution is -0.0905. The van der Waals surface area contributed by atoms with Crippen molar-refractivity contribution in [3.05, 3.63) is 54.4 Å². The topological polar surface area (TPSA) is 75.6 Å². The molecule has 1 aliphatic carbocycles. The second-order valence-corrected chi connectivity index (χ2v) is 14.1. The standard InChI is InChI=1S/C36H46N4O2/c41-30-14-11-13-26-27-15-18-37-32(33(27)38-31(26)30)28-23-36(42)17-8-4-1-2-5-9-19-39-21-16-29(28)35(24-39)22-25-12-7-3-6-10-20-40(25)34(35)36/h7,11-15,18,23,25,29,34,38,41-42H,1-6,8-10,16-17,19-22,24H2/b12-7-/t25-,29-,34+,35-,36-/m0/s1. The highest BCUT2D eigenvalue weighted by atomic mass is 16.3. The van der Waals surface area contributed by atoms with E-state index in [4.69, 9.17) is 4.98 Å². The molecule has 1 aromatic carbocycles. The molecule has 222 valence electrons. The largest absolute Gasteiger partial charge is 0.506 e. The van der Waals surface area contributed by atoms with Crippen molar-refractivity contribution in [1.82, 2.24) is 19.8 Å². The molecule has 0 radical (unpaired) electrons. The van der Waals surface area contributed by atoms with E-state index in [0.29, 0.717) is 12.0 Å². The molecule has 3 bridgehead atoms. The van der Waals surface area contributed by atoms with Crippen molar-refractivity contribution in [2.45, 2.75) is 94.7 Å². The smallest absolute Gasteiger partial charge is 0.139 e. The summed E-state index contributed by atoms with van der Waals surface area (Å²) in [6, 6.07) is 8.32. The molecule has 3 N–H and O–H groups in total. The lowest BCUT2D eigenvalue weighted by atomic mass is 9.54. The van der Waals surface area contributed by atoms with Crippen molar-refractivity contribution in [3.8, 4) is 5.75 Å². The summed E-state index contributed by atoms with van der Waals surface area (Å²) in [6.07, 6.45) is 23.2. The van der Waals surface area contributed by atoms with Crippen molar-refractivity contribution < 1.29 is 10.2 Å². The SMILES string of the molecule is Oc1cccc2c1[nH]c1c(C3=C[C@@]4(O)CCCCCCCCN5CC[C@@H]3[C@]3(C[C@@H]6/C=C\CCCCN6[C@H]34)C5)nccc12. The molecule has 0 saturated carbocycles. The number of para-hydroxylation sites is 1. The first-order valence-corrected chi connectivity index (χ1v) is 16.8. The minimum atomic E-state index is -0.900. The molecule has 42 heavy (non-hydrogen) atoms. The Morgan fingerprint density at radius 1 is 0.905 bits per heavy atom. The van der Waals surface area contributed by atoms with Crippen LogP contribution < -0.4 is 0 Å². The Balaban J connectivity index is 1.34. The molecule has 6 heterocycles. The molecule has 3 aromatic rings. The minimum Gasteiger partial charge on any atom is -0.506 e. The first kappa shape index (κ1) is 26.9. The van der Waals surface area contributed by atoms with Gasteiger partial charge < -0.3 is 20.1 Å². The van der Waals surface area contributed by atoms with Crippen LogP contribution >= 0.6 is 0 Å². The number of hydrogen-bond donors (Lipinski definition) is 3. The highest BCUT2D eigenvalue weighted by Gasteiger charge is 2.65. The van der Waals surface area contributed by atoms with Gasteiger partial charge in [-0.2, -0.15) is 0 Å². The van der Waals surface area contributed by atoms with Crippen molar-refractivity contribution in [1.29, 1.82) is 0 Å². The quantitative estimate of drug-likeness (QED) is 0.283. The fourth-order valence-corrected chi connectivity index (χ4v) is 9.95. The predicted molar refractivity (Wildman–Crippen MR) is 169 cm³/mol. The Morgan fingerprint density at radius 2 is 1.74 bits per heavy atom. The molecule has 8 rings (SSSR count). The van der Waals surface area contributed by atoms with Crippen LogP contribution in [-0.2, 0) is 0 Å². The average Bonchev–Trinajstić information content (AvgIpc) is 3.50. The van der Waals surface area contributed by atoms with Crippen molar-refractivity contribution in [2.75, 3.05) is 26.2 Å². The number of aromatic amines is 1. The third-order valence-electron chi connectivity index (χ3n) is 11.6. The van der Waals surface area contributed by atoms with Crippen molar-refractivity contribution in [3.63, 3.8) is 0 Å². The second-order valence-electron chi connectivity index (χ2n) is 14.1. The number of pyridine rings is 1. The van der Waals surface area contributed by atoms with E-state index in [1.54, 1.807) is 6.07 Å². The van der Waals surface area contributed by atoms with Crippen LogP contribution in [0.5, 0.6) is 5.75 Å². The number of H-pyrrole nitrogens is 1. The number of aliphatic hydroxyl groups is 1. The molecular formula is C36H46N4O2. The summed E-state index contributed by atoms with van der Waals surface area (Å²) in [4.78, 5) is 14.2. The summed E-state index contributed by atoms with van der Waals surface area (Å²) in [6.45, 7) is 4.42. The number of fused-ring (bicyclic) bond motifs is 5. The summed E-state index contributed by atoms with van der Waals surface area (Å²) in [5.74, 6) is 0.606. The Kier molecular flexibility index (Phi) is 6.73. The van der Waals surface area contributed by atoms with E-state index in [1.807, 2.05) is 12.3 Å². The van der Waals surface area contributed by atoms with Gasteiger partial charge in [0.05, 0.1) is 28.4 Å². The van der Waals surface area contributed by atoms with Crippen molar-refractivity contribution in [2.24, 2.45) is 11.3 Å². The van der Waals surface area contributed by atoms with Gasteiger partial charge in [-0.05, 0) is 94.3 Å². The normalized spacial score (nSPS) is 36.6. The number of phenolic OH excluding ortho intramolecular Hbond substituents is 1. The highest BCUT2D eigenvalue weighted by Crippen LogP contribution is 2.61. The van der Waals surface area contributed by atoms with Crippen LogP contribution in [0.4, 0.5) is 0 Å². The zero-order chi connectivity index (χ0) is 28.3. The molecule has 1 spiro atoms. The molecule has 2 aromatic heterocycles. The zero-order valence-corrected chi connectivity index (χ0v) is 24.9. The molecule has 4 aliphatic heterocycles. The van der Waals surface area contributed by atoms with Gasteiger partial charge in [0.15, 0.2) is 0 Å². The van der Waals surface area contributed by atoms with Crippen LogP contribution in [0.3, 0.4) is 0 Å². The summed E-state index contributed by atoms with van der Waals surface area (Å²) >= 11 is 0. The summed E-state index contributed by atoms with van der Waals surface area (Å²) in [5, 5.41) is 25.9. The summed E-state index contributed by atoms with van der Waals surface area (Å²) in [5.41, 5.74) is 3.03. The maximum Gasteiger partial charge on any atom is 0.139 e. The lowest BCUT2D eigenvalue weighted by Crippen LogP contribution is -2.65. The van der Waals surface area contributed by atoms with Gasteiger partial charge in [0.2, 0.25) is 0 Å². The van der Waals surface area contributed by atoms with E-state index in [9.17, 15) is 10.2 Å². The molecule has 1 unspecified atom stereocenters. The van der Waals surface area contributed by atoms with Gasteiger partial charge >= 0.3 is 0 Å². The molecule has 6 nitrogen and oxygen atoms in total. The number of nitrogens with zero attached hydrogens (tertiary/aromatic N) is 3. The highest BCUT2D eigenvalue weighted by molar-refractivity contribution is 6.11. The molecule has 6 heteroatoms. The Morgan fingerprint density at radius 3 is 2.67 bits per heavy atom. The first-order valence-electron chi connectivity index (χ1n) is 16.8. The Hall–Kier alpha value is -2.67. The van der Waals surface area contributed by atoms with E-state index in [2.05, 4.69) is 45.1 Å². The van der Waals surface area contributed by atoms with Gasteiger partial charge in [0.1, 0.15) is 5.75 Å². The zero-order valence-electron chi connectivity index (χ0n) is 24.9. The number of phenols is 1. The third-order valence-corrected chi connectivity index (χ3v) is 11.6. The minimum absolute atomic E-state index is 0.0253.